The lowest BCUT2D eigenvalue weighted by Crippen LogP contribution is -2.26. The van der Waals surface area contributed by atoms with Crippen LogP contribution in [0.25, 0.3) is 0 Å². The Kier molecular flexibility index (Phi) is 6.32. The van der Waals surface area contributed by atoms with Gasteiger partial charge in [-0.25, -0.2) is 13.1 Å². The van der Waals surface area contributed by atoms with Gasteiger partial charge in [0.2, 0.25) is 10.0 Å². The van der Waals surface area contributed by atoms with Crippen LogP contribution in [-0.2, 0) is 23.0 Å². The van der Waals surface area contributed by atoms with E-state index in [4.69, 9.17) is 0 Å². The van der Waals surface area contributed by atoms with Crippen LogP contribution >= 0.6 is 0 Å². The average Bonchev–Trinajstić information content (AvgIpc) is 2.33. The summed E-state index contributed by atoms with van der Waals surface area (Å²) in [5, 5.41) is 3.29. The zero-order chi connectivity index (χ0) is 13.4. The first-order chi connectivity index (χ1) is 8.51. The molecule has 102 valence electrons. The van der Waals surface area contributed by atoms with E-state index in [-0.39, 0.29) is 0 Å². The van der Waals surface area contributed by atoms with E-state index in [0.717, 1.165) is 25.9 Å². The van der Waals surface area contributed by atoms with E-state index in [0.29, 0.717) is 6.54 Å². The van der Waals surface area contributed by atoms with Gasteiger partial charge in [-0.3, -0.25) is 0 Å². The Morgan fingerprint density at radius 3 is 2.22 bits per heavy atom. The lowest BCUT2D eigenvalue weighted by atomic mass is 10.1. The Balaban J connectivity index is 2.14. The molecule has 0 unspecified atom stereocenters. The van der Waals surface area contributed by atoms with Crippen molar-refractivity contribution in [1.82, 2.24) is 10.0 Å². The van der Waals surface area contributed by atoms with Gasteiger partial charge in [0.1, 0.15) is 0 Å². The third kappa shape index (κ3) is 6.74. The van der Waals surface area contributed by atoms with Crippen molar-refractivity contribution < 1.29 is 8.42 Å². The Labute approximate surface area is 110 Å². The summed E-state index contributed by atoms with van der Waals surface area (Å²) in [6.45, 7) is 4.25. The molecule has 0 radical (unpaired) electrons. The monoisotopic (exact) mass is 270 g/mol. The van der Waals surface area contributed by atoms with E-state index < -0.39 is 10.0 Å². The maximum atomic E-state index is 10.8. The summed E-state index contributed by atoms with van der Waals surface area (Å²) in [5.41, 5.74) is 2.60. The summed E-state index contributed by atoms with van der Waals surface area (Å²) < 4.78 is 24.1. The fourth-order valence-electron chi connectivity index (χ4n) is 1.60. The summed E-state index contributed by atoms with van der Waals surface area (Å²) in [7, 11) is -3.05. The molecule has 0 heterocycles. The molecule has 0 atom stereocenters. The molecule has 2 N–H and O–H groups in total. The van der Waals surface area contributed by atoms with Crippen LogP contribution in [0.5, 0.6) is 0 Å². The lowest BCUT2D eigenvalue weighted by molar-refractivity contribution is 0.579. The van der Waals surface area contributed by atoms with Crippen LogP contribution in [0.3, 0.4) is 0 Å². The number of benzene rings is 1. The highest BCUT2D eigenvalue weighted by Gasteiger charge is 1.98. The molecule has 0 amide bonds. The molecular formula is C13H22N2O2S. The molecular weight excluding hydrogens is 248 g/mol. The minimum absolute atomic E-state index is 0.487. The van der Waals surface area contributed by atoms with Crippen LogP contribution in [-0.4, -0.2) is 27.8 Å². The maximum absolute atomic E-state index is 10.8. The number of nitrogens with one attached hydrogen (secondary N) is 2. The van der Waals surface area contributed by atoms with Crippen molar-refractivity contribution in [2.75, 3.05) is 19.3 Å². The maximum Gasteiger partial charge on any atom is 0.208 e. The second kappa shape index (κ2) is 7.51. The van der Waals surface area contributed by atoms with Gasteiger partial charge in [0.05, 0.1) is 6.26 Å². The van der Waals surface area contributed by atoms with E-state index in [2.05, 4.69) is 41.2 Å². The zero-order valence-corrected chi connectivity index (χ0v) is 11.9. The van der Waals surface area contributed by atoms with Crippen LogP contribution < -0.4 is 10.0 Å². The smallest absolute Gasteiger partial charge is 0.208 e. The van der Waals surface area contributed by atoms with Gasteiger partial charge in [0.25, 0.3) is 0 Å². The van der Waals surface area contributed by atoms with E-state index in [1.54, 1.807) is 0 Å². The van der Waals surface area contributed by atoms with Crippen LogP contribution in [0.15, 0.2) is 24.3 Å². The standard InChI is InChI=1S/C13H22N2O2S/c1-3-12-5-7-13(8-6-12)11-14-9-4-10-15-18(2,16)17/h5-8,14-15H,3-4,9-11H2,1-2H3. The van der Waals surface area contributed by atoms with Crippen molar-refractivity contribution in [1.29, 1.82) is 0 Å². The minimum atomic E-state index is -3.05. The van der Waals surface area contributed by atoms with Crippen molar-refractivity contribution in [3.8, 4) is 0 Å². The fraction of sp³-hybridized carbons (Fsp3) is 0.538. The molecule has 0 spiro atoms. The molecule has 18 heavy (non-hydrogen) atoms. The molecule has 4 nitrogen and oxygen atoms in total. The SMILES string of the molecule is CCc1ccc(CNCCCNS(C)(=O)=O)cc1. The zero-order valence-electron chi connectivity index (χ0n) is 11.1. The highest BCUT2D eigenvalue weighted by molar-refractivity contribution is 7.88. The summed E-state index contributed by atoms with van der Waals surface area (Å²) in [4.78, 5) is 0. The first kappa shape index (κ1) is 15.1. The van der Waals surface area contributed by atoms with Crippen molar-refractivity contribution in [2.45, 2.75) is 26.3 Å². The Morgan fingerprint density at radius 2 is 1.67 bits per heavy atom. The third-order valence-electron chi connectivity index (χ3n) is 2.65. The van der Waals surface area contributed by atoms with Crippen LogP contribution in [0.1, 0.15) is 24.5 Å². The molecule has 0 aliphatic carbocycles. The summed E-state index contributed by atoms with van der Waals surface area (Å²) in [6, 6.07) is 8.53. The molecule has 1 aromatic rings. The minimum Gasteiger partial charge on any atom is -0.313 e. The first-order valence-electron chi connectivity index (χ1n) is 6.24. The summed E-state index contributed by atoms with van der Waals surface area (Å²) in [6.07, 6.45) is 3.03. The molecule has 0 saturated carbocycles. The highest BCUT2D eigenvalue weighted by Crippen LogP contribution is 2.04. The Hall–Kier alpha value is -0.910. The molecule has 5 heteroatoms. The second-order valence-electron chi connectivity index (χ2n) is 4.37. The van der Waals surface area contributed by atoms with Gasteiger partial charge in [-0.15, -0.1) is 0 Å². The van der Waals surface area contributed by atoms with Crippen molar-refractivity contribution in [3.63, 3.8) is 0 Å². The Bertz CT molecular complexity index is 441. The van der Waals surface area contributed by atoms with E-state index >= 15 is 0 Å². The number of rotatable bonds is 8. The largest absolute Gasteiger partial charge is 0.313 e. The van der Waals surface area contributed by atoms with Gasteiger partial charge >= 0.3 is 0 Å². The van der Waals surface area contributed by atoms with E-state index in [9.17, 15) is 8.42 Å². The van der Waals surface area contributed by atoms with Gasteiger partial charge < -0.3 is 5.32 Å². The number of aryl methyl sites for hydroxylation is 1. The van der Waals surface area contributed by atoms with Gasteiger partial charge in [-0.1, -0.05) is 31.2 Å². The van der Waals surface area contributed by atoms with Crippen LogP contribution in [0.2, 0.25) is 0 Å². The third-order valence-corrected chi connectivity index (χ3v) is 3.38. The van der Waals surface area contributed by atoms with Gasteiger partial charge in [0.15, 0.2) is 0 Å². The Morgan fingerprint density at radius 1 is 1.06 bits per heavy atom. The number of sulfonamides is 1. The van der Waals surface area contributed by atoms with Gasteiger partial charge in [-0.2, -0.15) is 0 Å². The predicted molar refractivity (Wildman–Crippen MR) is 75.0 cm³/mol. The number of hydrogen-bond acceptors (Lipinski definition) is 3. The van der Waals surface area contributed by atoms with E-state index in [1.807, 2.05) is 0 Å². The molecule has 0 aliphatic rings. The molecule has 0 bridgehead atoms. The van der Waals surface area contributed by atoms with Crippen molar-refractivity contribution in [2.24, 2.45) is 0 Å². The van der Waals surface area contributed by atoms with Crippen molar-refractivity contribution in [3.05, 3.63) is 35.4 Å². The summed E-state index contributed by atoms with van der Waals surface area (Å²) in [5.74, 6) is 0. The first-order valence-corrected chi connectivity index (χ1v) is 8.13. The molecule has 1 aromatic carbocycles. The summed E-state index contributed by atoms with van der Waals surface area (Å²) >= 11 is 0. The molecule has 0 aromatic heterocycles. The number of hydrogen-bond donors (Lipinski definition) is 2. The normalized spacial score (nSPS) is 11.7. The molecule has 0 aliphatic heterocycles. The topological polar surface area (TPSA) is 58.2 Å². The van der Waals surface area contributed by atoms with Crippen LogP contribution in [0, 0.1) is 0 Å². The average molecular weight is 270 g/mol. The fourth-order valence-corrected chi connectivity index (χ4v) is 2.11. The molecule has 0 fully saturated rings. The molecule has 1 rings (SSSR count). The quantitative estimate of drug-likeness (QED) is 0.700. The second-order valence-corrected chi connectivity index (χ2v) is 6.20. The van der Waals surface area contributed by atoms with Crippen LogP contribution in [0.4, 0.5) is 0 Å². The van der Waals surface area contributed by atoms with Gasteiger partial charge in [-0.05, 0) is 30.5 Å². The van der Waals surface area contributed by atoms with Gasteiger partial charge in [0, 0.05) is 13.1 Å². The van der Waals surface area contributed by atoms with Crippen molar-refractivity contribution >= 4 is 10.0 Å². The van der Waals surface area contributed by atoms with E-state index in [1.165, 1.54) is 17.4 Å². The lowest BCUT2D eigenvalue weighted by Gasteiger charge is -2.06. The highest BCUT2D eigenvalue weighted by atomic mass is 32.2. The predicted octanol–water partition coefficient (Wildman–Crippen LogP) is 1.28. The molecule has 0 saturated heterocycles.